The van der Waals surface area contributed by atoms with Gasteiger partial charge in [-0.1, -0.05) is 19.1 Å². The maximum absolute atomic E-state index is 9.92. The number of phenolic OH excluding ortho intramolecular Hbond substituents is 1. The number of fused-ring (bicyclic) bond motifs is 1. The molecule has 0 spiro atoms. The third-order valence-corrected chi connectivity index (χ3v) is 3.95. The molecular weight excluding hydrogens is 268 g/mol. The first-order valence-corrected chi connectivity index (χ1v) is 6.85. The molecule has 1 unspecified atom stereocenters. The molecular formula is C17H18O4. The second-order valence-corrected chi connectivity index (χ2v) is 5.16. The van der Waals surface area contributed by atoms with Crippen molar-refractivity contribution in [2.45, 2.75) is 18.9 Å². The Morgan fingerprint density at radius 3 is 2.38 bits per heavy atom. The molecule has 0 radical (unpaired) electrons. The fourth-order valence-corrected chi connectivity index (χ4v) is 2.74. The van der Waals surface area contributed by atoms with Gasteiger partial charge in [-0.25, -0.2) is 0 Å². The number of rotatable bonds is 3. The van der Waals surface area contributed by atoms with E-state index in [-0.39, 0.29) is 17.8 Å². The molecule has 0 saturated heterocycles. The largest absolute Gasteiger partial charge is 0.504 e. The Morgan fingerprint density at radius 1 is 1.05 bits per heavy atom. The van der Waals surface area contributed by atoms with E-state index in [1.807, 2.05) is 24.3 Å². The van der Waals surface area contributed by atoms with E-state index in [0.29, 0.717) is 5.75 Å². The third-order valence-electron chi connectivity index (χ3n) is 3.95. The zero-order valence-corrected chi connectivity index (χ0v) is 12.3. The smallest absolute Gasteiger partial charge is 0.164 e. The Bertz CT molecular complexity index is 649. The van der Waals surface area contributed by atoms with Gasteiger partial charge in [-0.05, 0) is 23.8 Å². The number of methoxy groups -OCH3 is 2. The van der Waals surface area contributed by atoms with Crippen molar-refractivity contribution in [1.82, 2.24) is 0 Å². The van der Waals surface area contributed by atoms with Crippen LogP contribution in [0, 0.1) is 0 Å². The van der Waals surface area contributed by atoms with Crippen molar-refractivity contribution < 1.29 is 19.3 Å². The van der Waals surface area contributed by atoms with Crippen LogP contribution in [0.15, 0.2) is 36.4 Å². The lowest BCUT2D eigenvalue weighted by atomic mass is 9.92. The summed E-state index contributed by atoms with van der Waals surface area (Å²) in [4.78, 5) is 0. The zero-order chi connectivity index (χ0) is 15.0. The Hall–Kier alpha value is -2.36. The van der Waals surface area contributed by atoms with Crippen molar-refractivity contribution in [3.05, 3.63) is 47.5 Å². The molecule has 1 aliphatic heterocycles. The molecule has 0 amide bonds. The van der Waals surface area contributed by atoms with Crippen LogP contribution in [0.25, 0.3) is 0 Å². The molecule has 3 rings (SSSR count). The zero-order valence-electron chi connectivity index (χ0n) is 12.3. The first-order valence-electron chi connectivity index (χ1n) is 6.85. The molecule has 21 heavy (non-hydrogen) atoms. The molecule has 2 atom stereocenters. The van der Waals surface area contributed by atoms with Crippen molar-refractivity contribution in [2.24, 2.45) is 0 Å². The molecule has 110 valence electrons. The number of aromatic hydroxyl groups is 1. The Morgan fingerprint density at radius 2 is 1.76 bits per heavy atom. The van der Waals surface area contributed by atoms with Crippen LogP contribution < -0.4 is 14.2 Å². The maximum atomic E-state index is 9.92. The summed E-state index contributed by atoms with van der Waals surface area (Å²) in [5.74, 6) is 2.31. The SMILES string of the molecule is COc1ccc([C@@H]2Oc3cc(OC)c(O)cc3C2C)cc1. The quantitative estimate of drug-likeness (QED) is 0.935. The minimum Gasteiger partial charge on any atom is -0.504 e. The molecule has 0 bridgehead atoms. The van der Waals surface area contributed by atoms with Gasteiger partial charge in [-0.15, -0.1) is 0 Å². The Balaban J connectivity index is 1.93. The van der Waals surface area contributed by atoms with Crippen molar-refractivity contribution in [1.29, 1.82) is 0 Å². The summed E-state index contributed by atoms with van der Waals surface area (Å²) in [6.45, 7) is 2.09. The van der Waals surface area contributed by atoms with E-state index in [4.69, 9.17) is 14.2 Å². The van der Waals surface area contributed by atoms with E-state index < -0.39 is 0 Å². The van der Waals surface area contributed by atoms with Gasteiger partial charge < -0.3 is 19.3 Å². The first kappa shape index (κ1) is 13.6. The van der Waals surface area contributed by atoms with Gasteiger partial charge >= 0.3 is 0 Å². The predicted molar refractivity (Wildman–Crippen MR) is 79.4 cm³/mol. The monoisotopic (exact) mass is 286 g/mol. The van der Waals surface area contributed by atoms with Gasteiger partial charge in [0.05, 0.1) is 14.2 Å². The van der Waals surface area contributed by atoms with Gasteiger partial charge in [0.2, 0.25) is 0 Å². The highest BCUT2D eigenvalue weighted by atomic mass is 16.5. The molecule has 4 nitrogen and oxygen atoms in total. The highest BCUT2D eigenvalue weighted by Gasteiger charge is 2.33. The molecule has 4 heteroatoms. The second kappa shape index (κ2) is 5.20. The van der Waals surface area contributed by atoms with Gasteiger partial charge in [-0.2, -0.15) is 0 Å². The topological polar surface area (TPSA) is 47.9 Å². The van der Waals surface area contributed by atoms with Crippen molar-refractivity contribution in [3.8, 4) is 23.0 Å². The normalized spacial score (nSPS) is 19.8. The summed E-state index contributed by atoms with van der Waals surface area (Å²) in [5.41, 5.74) is 2.08. The van der Waals surface area contributed by atoms with Gasteiger partial charge in [0.25, 0.3) is 0 Å². The van der Waals surface area contributed by atoms with Gasteiger partial charge in [0.15, 0.2) is 11.5 Å². The molecule has 0 fully saturated rings. The second-order valence-electron chi connectivity index (χ2n) is 5.16. The predicted octanol–water partition coefficient (Wildman–Crippen LogP) is 3.65. The highest BCUT2D eigenvalue weighted by Crippen LogP contribution is 2.49. The summed E-state index contributed by atoms with van der Waals surface area (Å²) >= 11 is 0. The van der Waals surface area contributed by atoms with Crippen LogP contribution in [0.3, 0.4) is 0 Å². The lowest BCUT2D eigenvalue weighted by Crippen LogP contribution is -2.06. The summed E-state index contributed by atoms with van der Waals surface area (Å²) in [6.07, 6.45) is -0.0718. The van der Waals surface area contributed by atoms with E-state index in [2.05, 4.69) is 6.92 Å². The number of ether oxygens (including phenoxy) is 3. The summed E-state index contributed by atoms with van der Waals surface area (Å²) in [7, 11) is 3.18. The third kappa shape index (κ3) is 2.27. The first-order chi connectivity index (χ1) is 10.1. The van der Waals surface area contributed by atoms with Gasteiger partial charge in [-0.3, -0.25) is 0 Å². The standard InChI is InChI=1S/C17H18O4/c1-10-13-8-14(18)16(20-3)9-15(13)21-17(10)11-4-6-12(19-2)7-5-11/h4-10,17-18H,1-3H3/t10?,17-/m1/s1. The lowest BCUT2D eigenvalue weighted by molar-refractivity contribution is 0.215. The van der Waals surface area contributed by atoms with Crippen LogP contribution in [0.2, 0.25) is 0 Å². The number of hydrogen-bond acceptors (Lipinski definition) is 4. The summed E-state index contributed by atoms with van der Waals surface area (Å²) < 4.78 is 16.4. The summed E-state index contributed by atoms with van der Waals surface area (Å²) in [5, 5.41) is 9.92. The lowest BCUT2D eigenvalue weighted by Gasteiger charge is -2.16. The fraction of sp³-hybridized carbons (Fsp3) is 0.294. The fourth-order valence-electron chi connectivity index (χ4n) is 2.74. The van der Waals surface area contributed by atoms with Crippen LogP contribution in [0.5, 0.6) is 23.0 Å². The molecule has 2 aromatic carbocycles. The Kier molecular flexibility index (Phi) is 3.37. The molecule has 0 saturated carbocycles. The minimum atomic E-state index is -0.0718. The average Bonchev–Trinajstić information content (AvgIpc) is 2.83. The molecule has 1 heterocycles. The molecule has 0 aromatic heterocycles. The maximum Gasteiger partial charge on any atom is 0.164 e. The van der Waals surface area contributed by atoms with E-state index >= 15 is 0 Å². The molecule has 1 aliphatic rings. The molecule has 1 N–H and O–H groups in total. The Labute approximate surface area is 123 Å². The van der Waals surface area contributed by atoms with E-state index in [9.17, 15) is 5.11 Å². The van der Waals surface area contributed by atoms with E-state index in [1.54, 1.807) is 19.2 Å². The van der Waals surface area contributed by atoms with Crippen molar-refractivity contribution >= 4 is 0 Å². The average molecular weight is 286 g/mol. The van der Waals surface area contributed by atoms with Gasteiger partial charge in [0, 0.05) is 17.5 Å². The van der Waals surface area contributed by atoms with Crippen molar-refractivity contribution in [3.63, 3.8) is 0 Å². The van der Waals surface area contributed by atoms with Crippen molar-refractivity contribution in [2.75, 3.05) is 14.2 Å². The number of hydrogen-bond donors (Lipinski definition) is 1. The van der Waals surface area contributed by atoms with Crippen LogP contribution in [-0.4, -0.2) is 19.3 Å². The van der Waals surface area contributed by atoms with Crippen LogP contribution in [0.1, 0.15) is 30.1 Å². The van der Waals surface area contributed by atoms with Gasteiger partial charge in [0.1, 0.15) is 17.6 Å². The van der Waals surface area contributed by atoms with Crippen LogP contribution >= 0.6 is 0 Å². The number of benzene rings is 2. The van der Waals surface area contributed by atoms with Crippen LogP contribution in [0.4, 0.5) is 0 Å². The van der Waals surface area contributed by atoms with E-state index in [0.717, 1.165) is 22.6 Å². The minimum absolute atomic E-state index is 0.0718. The van der Waals surface area contributed by atoms with E-state index in [1.165, 1.54) is 7.11 Å². The molecule has 0 aliphatic carbocycles. The highest BCUT2D eigenvalue weighted by molar-refractivity contribution is 5.54. The molecule has 2 aromatic rings. The van der Waals surface area contributed by atoms with Crippen LogP contribution in [-0.2, 0) is 0 Å². The summed E-state index contributed by atoms with van der Waals surface area (Å²) in [6, 6.07) is 11.3. The number of phenols is 1.